The van der Waals surface area contributed by atoms with Crippen LogP contribution in [0.2, 0.25) is 0 Å². The summed E-state index contributed by atoms with van der Waals surface area (Å²) in [5.74, 6) is -1.76. The maximum Gasteiger partial charge on any atom is 0.408 e. The molecule has 59 heavy (non-hydrogen) atoms. The number of anilines is 1. The summed E-state index contributed by atoms with van der Waals surface area (Å²) in [5, 5.41) is 6.34. The van der Waals surface area contributed by atoms with E-state index in [0.29, 0.717) is 29.7 Å². The molecule has 3 aromatic rings. The Morgan fingerprint density at radius 2 is 1.69 bits per heavy atom. The monoisotopic (exact) mass is 832 g/mol. The molecule has 1 aliphatic heterocycles. The zero-order valence-corrected chi connectivity index (χ0v) is 36.1. The Balaban J connectivity index is 1.35. The van der Waals surface area contributed by atoms with Crippen molar-refractivity contribution in [1.29, 1.82) is 0 Å². The summed E-state index contributed by atoms with van der Waals surface area (Å²) >= 11 is 0. The first-order valence-corrected chi connectivity index (χ1v) is 21.3. The smallest absolute Gasteiger partial charge is 0.408 e. The second-order valence-corrected chi connectivity index (χ2v) is 19.9. The second kappa shape index (κ2) is 16.0. The van der Waals surface area contributed by atoms with E-state index in [9.17, 15) is 27.6 Å². The highest BCUT2D eigenvalue weighted by Gasteiger charge is 2.62. The Morgan fingerprint density at radius 1 is 1.02 bits per heavy atom. The van der Waals surface area contributed by atoms with Gasteiger partial charge in [0, 0.05) is 43.1 Å². The predicted molar refractivity (Wildman–Crippen MR) is 224 cm³/mol. The summed E-state index contributed by atoms with van der Waals surface area (Å²) in [4.78, 5) is 64.2. The molecular formula is C43H56N6O9S. The van der Waals surface area contributed by atoms with Crippen LogP contribution in [0.15, 0.2) is 61.2 Å². The number of nitrogens with one attached hydrogen (secondary N) is 3. The van der Waals surface area contributed by atoms with Crippen molar-refractivity contribution < 1.29 is 41.8 Å². The van der Waals surface area contributed by atoms with Crippen LogP contribution in [0.4, 0.5) is 10.5 Å². The average molecular weight is 833 g/mol. The number of hydrogen-bond acceptors (Lipinski definition) is 11. The van der Waals surface area contributed by atoms with E-state index in [2.05, 4.69) is 21.9 Å². The first kappa shape index (κ1) is 43.2. The highest BCUT2D eigenvalue weighted by Crippen LogP contribution is 2.46. The molecule has 0 radical (unpaired) electrons. The number of aromatic nitrogens is 1. The molecule has 3 fully saturated rings. The lowest BCUT2D eigenvalue weighted by Crippen LogP contribution is -2.60. The first-order valence-electron chi connectivity index (χ1n) is 19.8. The SMILES string of the molecule is C=C[C@@H]1C[C@]1(NC(=O)[C@@H]1C[C@@H](Oc2nc(-c3ccc(N(C)C)cc3)cc3cc(OC)ccc23)CN1C(=O)[C@@H](NC(=O)OC(C)(C)C)C(C)(C)C)C(=O)NS(=O)(=O)C1CC1. The minimum Gasteiger partial charge on any atom is -0.497 e. The molecular weight excluding hydrogens is 777 g/mol. The van der Waals surface area contributed by atoms with E-state index < -0.39 is 79.7 Å². The van der Waals surface area contributed by atoms with E-state index in [4.69, 9.17) is 19.2 Å². The summed E-state index contributed by atoms with van der Waals surface area (Å²) in [6.45, 7) is 14.2. The second-order valence-electron chi connectivity index (χ2n) is 18.0. The molecule has 15 nitrogen and oxygen atoms in total. The van der Waals surface area contributed by atoms with Crippen LogP contribution < -0.4 is 29.7 Å². The number of carbonyl (C=O) groups is 4. The molecule has 3 N–H and O–H groups in total. The molecule has 3 aliphatic rings. The van der Waals surface area contributed by atoms with Crippen molar-refractivity contribution in [1.82, 2.24) is 25.2 Å². The third-order valence-corrected chi connectivity index (χ3v) is 12.7. The standard InChI is InChI=1S/C43H56N6O9S/c1-11-27-23-43(27,39(52)47-59(54,55)31-17-18-31)46-36(50)34-22-30(24-49(34)38(51)35(41(2,3)4)45-40(53)58-42(5,6)7)57-37-32-19-16-29(56-10)20-26(32)21-33(44-37)25-12-14-28(15-13-25)48(8)9/h11-16,19-21,27,30-31,34-35H,1,17-18,22-24H2,2-10H3,(H,45,53)(H,46,50)(H,47,52)/t27-,30-,34+,35-,43-/m1/s1. The Hall–Kier alpha value is -5.38. The quantitative estimate of drug-likeness (QED) is 0.198. The van der Waals surface area contributed by atoms with E-state index in [-0.39, 0.29) is 25.3 Å². The zero-order valence-electron chi connectivity index (χ0n) is 35.2. The van der Waals surface area contributed by atoms with Crippen LogP contribution in [0.25, 0.3) is 22.0 Å². The number of hydrogen-bond donors (Lipinski definition) is 3. The van der Waals surface area contributed by atoms with Crippen molar-refractivity contribution in [2.24, 2.45) is 11.3 Å². The predicted octanol–water partition coefficient (Wildman–Crippen LogP) is 4.93. The highest BCUT2D eigenvalue weighted by molar-refractivity contribution is 7.91. The number of pyridine rings is 1. The van der Waals surface area contributed by atoms with E-state index in [1.807, 2.05) is 61.5 Å². The Labute approximate surface area is 346 Å². The Kier molecular flexibility index (Phi) is 11.7. The third-order valence-electron chi connectivity index (χ3n) is 10.8. The fourth-order valence-electron chi connectivity index (χ4n) is 7.29. The molecule has 0 spiro atoms. The van der Waals surface area contributed by atoms with Crippen molar-refractivity contribution >= 4 is 50.3 Å². The minimum absolute atomic E-state index is 0.0151. The number of benzene rings is 2. The summed E-state index contributed by atoms with van der Waals surface area (Å²) in [6.07, 6.45) is 0.918. The lowest BCUT2D eigenvalue weighted by atomic mass is 9.85. The van der Waals surface area contributed by atoms with Gasteiger partial charge in [-0.1, -0.05) is 39.0 Å². The molecule has 1 saturated heterocycles. The maximum atomic E-state index is 14.7. The van der Waals surface area contributed by atoms with Crippen LogP contribution in [0.5, 0.6) is 11.6 Å². The van der Waals surface area contributed by atoms with Gasteiger partial charge in [0.25, 0.3) is 5.91 Å². The van der Waals surface area contributed by atoms with Crippen LogP contribution in [0.1, 0.15) is 67.2 Å². The molecule has 4 amide bonds. The third kappa shape index (κ3) is 9.58. The number of nitrogens with zero attached hydrogens (tertiary/aromatic N) is 3. The molecule has 16 heteroatoms. The van der Waals surface area contributed by atoms with Gasteiger partial charge in [-0.15, -0.1) is 6.58 Å². The van der Waals surface area contributed by atoms with Gasteiger partial charge in [-0.2, -0.15) is 0 Å². The number of ether oxygens (including phenoxy) is 3. The molecule has 2 saturated carbocycles. The van der Waals surface area contributed by atoms with Gasteiger partial charge in [0.15, 0.2) is 0 Å². The normalized spacial score (nSPS) is 22.2. The van der Waals surface area contributed by atoms with Gasteiger partial charge >= 0.3 is 6.09 Å². The van der Waals surface area contributed by atoms with Gasteiger partial charge in [-0.3, -0.25) is 19.1 Å². The first-order chi connectivity index (χ1) is 27.5. The van der Waals surface area contributed by atoms with Gasteiger partial charge in [-0.05, 0) is 87.2 Å². The van der Waals surface area contributed by atoms with E-state index >= 15 is 0 Å². The summed E-state index contributed by atoms with van der Waals surface area (Å²) in [7, 11) is 1.57. The van der Waals surface area contributed by atoms with Gasteiger partial charge in [-0.25, -0.2) is 18.2 Å². The van der Waals surface area contributed by atoms with Crippen molar-refractivity contribution in [2.75, 3.05) is 32.6 Å². The number of rotatable bonds is 13. The van der Waals surface area contributed by atoms with Crippen LogP contribution in [0, 0.1) is 11.3 Å². The molecule has 0 bridgehead atoms. The molecule has 6 rings (SSSR count). The molecule has 0 unspecified atom stereocenters. The number of methoxy groups -OCH3 is 1. The summed E-state index contributed by atoms with van der Waals surface area (Å²) in [5.41, 5.74) is -0.804. The molecule has 5 atom stereocenters. The van der Waals surface area contributed by atoms with E-state index in [1.54, 1.807) is 54.7 Å². The van der Waals surface area contributed by atoms with Crippen LogP contribution in [0.3, 0.4) is 0 Å². The Morgan fingerprint density at radius 3 is 2.25 bits per heavy atom. The van der Waals surface area contributed by atoms with Crippen molar-refractivity contribution in [3.05, 3.63) is 61.2 Å². The molecule has 318 valence electrons. The van der Waals surface area contributed by atoms with Crippen LogP contribution in [-0.4, -0.2) is 104 Å². The summed E-state index contributed by atoms with van der Waals surface area (Å²) in [6, 6.07) is 13.0. The Bertz CT molecular complexity index is 2250. The average Bonchev–Trinajstić information content (AvgIpc) is 4.09. The number of amides is 4. The topological polar surface area (TPSA) is 186 Å². The van der Waals surface area contributed by atoms with Gasteiger partial charge < -0.3 is 34.6 Å². The summed E-state index contributed by atoms with van der Waals surface area (Å²) < 4.78 is 45.5. The number of carbonyl (C=O) groups excluding carboxylic acids is 4. The fraction of sp³-hybridized carbons (Fsp3) is 0.512. The lowest BCUT2D eigenvalue weighted by molar-refractivity contribution is -0.143. The lowest BCUT2D eigenvalue weighted by Gasteiger charge is -2.36. The highest BCUT2D eigenvalue weighted by atomic mass is 32.2. The molecule has 2 aromatic carbocycles. The number of alkyl carbamates (subject to hydrolysis) is 1. The number of fused-ring (bicyclic) bond motifs is 1. The molecule has 2 aliphatic carbocycles. The zero-order chi connectivity index (χ0) is 43.2. The van der Waals surface area contributed by atoms with Gasteiger partial charge in [0.2, 0.25) is 27.7 Å². The fourth-order valence-corrected chi connectivity index (χ4v) is 8.65. The van der Waals surface area contributed by atoms with Crippen LogP contribution >= 0.6 is 0 Å². The van der Waals surface area contributed by atoms with Crippen molar-refractivity contribution in [3.8, 4) is 22.9 Å². The maximum absolute atomic E-state index is 14.7. The van der Waals surface area contributed by atoms with Gasteiger partial charge in [0.1, 0.15) is 35.1 Å². The molecule has 2 heterocycles. The van der Waals surface area contributed by atoms with E-state index in [0.717, 1.165) is 16.6 Å². The van der Waals surface area contributed by atoms with E-state index in [1.165, 1.54) is 11.0 Å². The van der Waals surface area contributed by atoms with Gasteiger partial charge in [0.05, 0.1) is 24.6 Å². The van der Waals surface area contributed by atoms with Crippen molar-refractivity contribution in [2.45, 2.75) is 102 Å². The van der Waals surface area contributed by atoms with Crippen LogP contribution in [-0.2, 0) is 29.1 Å². The minimum atomic E-state index is -3.93. The number of likely N-dealkylation sites (tertiary alicyclic amines) is 1. The largest absolute Gasteiger partial charge is 0.497 e. The number of sulfonamides is 1. The van der Waals surface area contributed by atoms with Crippen molar-refractivity contribution in [3.63, 3.8) is 0 Å². The molecule has 1 aromatic heterocycles.